The Morgan fingerprint density at radius 1 is 1.43 bits per heavy atom. The summed E-state index contributed by atoms with van der Waals surface area (Å²) >= 11 is 6.06. The van der Waals surface area contributed by atoms with Crippen molar-refractivity contribution in [3.05, 3.63) is 22.7 Å². The molecule has 0 aliphatic carbocycles. The van der Waals surface area contributed by atoms with Crippen molar-refractivity contribution >= 4 is 17.6 Å². The fourth-order valence-electron chi connectivity index (χ4n) is 1.94. The highest BCUT2D eigenvalue weighted by atomic mass is 35.5. The Morgan fingerprint density at radius 3 is 2.67 bits per heavy atom. The molecule has 1 rings (SSSR count). The SMILES string of the molecule is CCCC(Oc1c(CNCC)cc(Cl)cc1OC)C(=O)O. The van der Waals surface area contributed by atoms with Gasteiger partial charge in [-0.1, -0.05) is 31.9 Å². The van der Waals surface area contributed by atoms with Crippen LogP contribution in [-0.2, 0) is 11.3 Å². The van der Waals surface area contributed by atoms with Crippen LogP contribution in [0, 0.1) is 0 Å². The van der Waals surface area contributed by atoms with Gasteiger partial charge >= 0.3 is 5.97 Å². The van der Waals surface area contributed by atoms with Gasteiger partial charge in [0.2, 0.25) is 0 Å². The van der Waals surface area contributed by atoms with Gasteiger partial charge < -0.3 is 19.9 Å². The third-order valence-electron chi connectivity index (χ3n) is 2.97. The second-order valence-electron chi connectivity index (χ2n) is 4.61. The summed E-state index contributed by atoms with van der Waals surface area (Å²) in [4.78, 5) is 11.3. The van der Waals surface area contributed by atoms with Crippen LogP contribution < -0.4 is 14.8 Å². The molecule has 118 valence electrons. The van der Waals surface area contributed by atoms with Crippen LogP contribution in [0.2, 0.25) is 5.02 Å². The van der Waals surface area contributed by atoms with Gasteiger partial charge in [0, 0.05) is 23.2 Å². The van der Waals surface area contributed by atoms with E-state index in [2.05, 4.69) is 5.32 Å². The Labute approximate surface area is 130 Å². The largest absolute Gasteiger partial charge is 0.493 e. The lowest BCUT2D eigenvalue weighted by atomic mass is 10.1. The van der Waals surface area contributed by atoms with Crippen molar-refractivity contribution in [3.63, 3.8) is 0 Å². The third kappa shape index (κ3) is 5.10. The molecule has 0 heterocycles. The van der Waals surface area contributed by atoms with Crippen LogP contribution >= 0.6 is 11.6 Å². The molecule has 0 spiro atoms. The van der Waals surface area contributed by atoms with Crippen LogP contribution in [0.1, 0.15) is 32.3 Å². The fourth-order valence-corrected chi connectivity index (χ4v) is 2.17. The number of hydrogen-bond acceptors (Lipinski definition) is 4. The zero-order valence-electron chi connectivity index (χ0n) is 12.6. The first-order chi connectivity index (χ1) is 10.0. The molecule has 1 aromatic carbocycles. The van der Waals surface area contributed by atoms with Gasteiger partial charge in [-0.2, -0.15) is 0 Å². The molecule has 0 aliphatic rings. The van der Waals surface area contributed by atoms with Gasteiger partial charge in [0.25, 0.3) is 0 Å². The number of benzene rings is 1. The first-order valence-corrected chi connectivity index (χ1v) is 7.37. The summed E-state index contributed by atoms with van der Waals surface area (Å²) in [5.41, 5.74) is 0.781. The van der Waals surface area contributed by atoms with E-state index in [1.807, 2.05) is 13.8 Å². The molecule has 0 radical (unpaired) electrons. The summed E-state index contributed by atoms with van der Waals surface area (Å²) in [7, 11) is 1.51. The number of ether oxygens (including phenoxy) is 2. The zero-order chi connectivity index (χ0) is 15.8. The van der Waals surface area contributed by atoms with Crippen LogP contribution in [0.3, 0.4) is 0 Å². The van der Waals surface area contributed by atoms with Crippen LogP contribution in [0.4, 0.5) is 0 Å². The van der Waals surface area contributed by atoms with E-state index >= 15 is 0 Å². The molecule has 1 atom stereocenters. The Morgan fingerprint density at radius 2 is 2.14 bits per heavy atom. The first kappa shape index (κ1) is 17.6. The maximum atomic E-state index is 11.3. The van der Waals surface area contributed by atoms with E-state index in [9.17, 15) is 9.90 Å². The number of carbonyl (C=O) groups is 1. The van der Waals surface area contributed by atoms with E-state index in [1.165, 1.54) is 7.11 Å². The Kier molecular flexibility index (Phi) is 7.32. The summed E-state index contributed by atoms with van der Waals surface area (Å²) in [6.45, 7) is 5.21. The summed E-state index contributed by atoms with van der Waals surface area (Å²) in [6, 6.07) is 3.38. The second-order valence-corrected chi connectivity index (χ2v) is 5.05. The maximum Gasteiger partial charge on any atom is 0.344 e. The van der Waals surface area contributed by atoms with Crippen LogP contribution in [0.15, 0.2) is 12.1 Å². The van der Waals surface area contributed by atoms with E-state index in [0.717, 1.165) is 18.5 Å². The first-order valence-electron chi connectivity index (χ1n) is 7.00. The molecule has 0 bridgehead atoms. The maximum absolute atomic E-state index is 11.3. The quantitative estimate of drug-likeness (QED) is 0.733. The molecule has 6 heteroatoms. The Hall–Kier alpha value is -1.46. The van der Waals surface area contributed by atoms with E-state index in [1.54, 1.807) is 12.1 Å². The van der Waals surface area contributed by atoms with Crippen molar-refractivity contribution in [1.29, 1.82) is 0 Å². The van der Waals surface area contributed by atoms with Gasteiger partial charge in [-0.15, -0.1) is 0 Å². The summed E-state index contributed by atoms with van der Waals surface area (Å²) in [5, 5.41) is 12.9. The topological polar surface area (TPSA) is 67.8 Å². The van der Waals surface area contributed by atoms with Crippen LogP contribution in [-0.4, -0.2) is 30.8 Å². The van der Waals surface area contributed by atoms with Crippen molar-refractivity contribution < 1.29 is 19.4 Å². The minimum absolute atomic E-state index is 0.432. The molecule has 5 nitrogen and oxygen atoms in total. The number of carboxylic acids is 1. The number of hydrogen-bond donors (Lipinski definition) is 2. The lowest BCUT2D eigenvalue weighted by Crippen LogP contribution is -2.27. The summed E-state index contributed by atoms with van der Waals surface area (Å²) < 4.78 is 11.0. The van der Waals surface area contributed by atoms with Gasteiger partial charge in [-0.3, -0.25) is 0 Å². The standard InChI is InChI=1S/C15H22ClNO4/c1-4-6-12(15(18)19)21-14-10(9-17-5-2)7-11(16)8-13(14)20-3/h7-8,12,17H,4-6,9H2,1-3H3,(H,18,19). The van der Waals surface area contributed by atoms with Gasteiger partial charge in [-0.25, -0.2) is 4.79 Å². The van der Waals surface area contributed by atoms with E-state index < -0.39 is 12.1 Å². The predicted molar refractivity (Wildman–Crippen MR) is 82.3 cm³/mol. The molecule has 1 unspecified atom stereocenters. The molecular weight excluding hydrogens is 294 g/mol. The molecule has 0 amide bonds. The Balaban J connectivity index is 3.13. The number of carboxylic acid groups (broad SMARTS) is 1. The summed E-state index contributed by atoms with van der Waals surface area (Å²) in [5.74, 6) is -0.107. The van der Waals surface area contributed by atoms with Gasteiger partial charge in [0.1, 0.15) is 0 Å². The van der Waals surface area contributed by atoms with Gasteiger partial charge in [0.05, 0.1) is 7.11 Å². The van der Waals surface area contributed by atoms with Crippen molar-refractivity contribution in [2.24, 2.45) is 0 Å². The molecule has 21 heavy (non-hydrogen) atoms. The van der Waals surface area contributed by atoms with Crippen molar-refractivity contribution in [2.45, 2.75) is 39.3 Å². The van der Waals surface area contributed by atoms with Crippen LogP contribution in [0.5, 0.6) is 11.5 Å². The molecule has 0 aliphatic heterocycles. The molecule has 0 aromatic heterocycles. The third-order valence-corrected chi connectivity index (χ3v) is 3.19. The van der Waals surface area contributed by atoms with Crippen LogP contribution in [0.25, 0.3) is 0 Å². The molecule has 0 saturated carbocycles. The lowest BCUT2D eigenvalue weighted by molar-refractivity contribution is -0.145. The highest BCUT2D eigenvalue weighted by Crippen LogP contribution is 2.36. The predicted octanol–water partition coefficient (Wildman–Crippen LogP) is 3.09. The normalized spacial score (nSPS) is 12.0. The minimum atomic E-state index is -0.983. The lowest BCUT2D eigenvalue weighted by Gasteiger charge is -2.20. The fraction of sp³-hybridized carbons (Fsp3) is 0.533. The van der Waals surface area contributed by atoms with E-state index in [0.29, 0.717) is 29.5 Å². The molecule has 0 saturated heterocycles. The highest BCUT2D eigenvalue weighted by Gasteiger charge is 2.22. The van der Waals surface area contributed by atoms with E-state index in [-0.39, 0.29) is 0 Å². The zero-order valence-corrected chi connectivity index (χ0v) is 13.4. The van der Waals surface area contributed by atoms with Crippen molar-refractivity contribution in [1.82, 2.24) is 5.32 Å². The van der Waals surface area contributed by atoms with Gasteiger partial charge in [-0.05, 0) is 19.0 Å². The summed E-state index contributed by atoms with van der Waals surface area (Å²) in [6.07, 6.45) is 0.252. The van der Waals surface area contributed by atoms with Crippen molar-refractivity contribution in [2.75, 3.05) is 13.7 Å². The average molecular weight is 316 g/mol. The van der Waals surface area contributed by atoms with Crippen molar-refractivity contribution in [3.8, 4) is 11.5 Å². The minimum Gasteiger partial charge on any atom is -0.493 e. The number of rotatable bonds is 9. The number of halogens is 1. The highest BCUT2D eigenvalue weighted by molar-refractivity contribution is 6.30. The molecule has 1 aromatic rings. The Bertz CT molecular complexity index is 479. The number of methoxy groups -OCH3 is 1. The number of nitrogens with one attached hydrogen (secondary N) is 1. The molecule has 2 N–H and O–H groups in total. The van der Waals surface area contributed by atoms with E-state index in [4.69, 9.17) is 21.1 Å². The molecular formula is C15H22ClNO4. The molecule has 0 fully saturated rings. The smallest absolute Gasteiger partial charge is 0.344 e. The average Bonchev–Trinajstić information content (AvgIpc) is 2.45. The second kappa shape index (κ2) is 8.74. The monoisotopic (exact) mass is 315 g/mol. The van der Waals surface area contributed by atoms with Gasteiger partial charge in [0.15, 0.2) is 17.6 Å². The number of aliphatic carboxylic acids is 1.